The van der Waals surface area contributed by atoms with Crippen molar-refractivity contribution in [3.63, 3.8) is 0 Å². The van der Waals surface area contributed by atoms with Crippen LogP contribution in [-0.4, -0.2) is 25.8 Å². The van der Waals surface area contributed by atoms with Crippen LogP contribution in [0.4, 0.5) is 14.5 Å². The average molecular weight is 363 g/mol. The number of nitrogens with one attached hydrogen (secondary N) is 1. The molecule has 3 rings (SSSR count). The van der Waals surface area contributed by atoms with Gasteiger partial charge in [0.05, 0.1) is 19.8 Å². The molecular weight excluding hydrogens is 344 g/mol. The molecule has 0 unspecified atom stereocenters. The zero-order valence-electron chi connectivity index (χ0n) is 14.0. The van der Waals surface area contributed by atoms with Gasteiger partial charge in [-0.2, -0.15) is 8.78 Å². The predicted molar refractivity (Wildman–Crippen MR) is 94.1 cm³/mol. The van der Waals surface area contributed by atoms with Crippen molar-refractivity contribution in [1.29, 1.82) is 0 Å². The van der Waals surface area contributed by atoms with Gasteiger partial charge >= 0.3 is 6.61 Å². The molecule has 2 aromatic rings. The zero-order chi connectivity index (χ0) is 18.4. The maximum absolute atomic E-state index is 12.3. The summed E-state index contributed by atoms with van der Waals surface area (Å²) in [6, 6.07) is 11.7. The van der Waals surface area contributed by atoms with Gasteiger partial charge in [0.15, 0.2) is 17.5 Å². The van der Waals surface area contributed by atoms with Crippen LogP contribution >= 0.6 is 0 Å². The Morgan fingerprint density at radius 3 is 2.77 bits per heavy atom. The number of anilines is 1. The van der Waals surface area contributed by atoms with Crippen molar-refractivity contribution in [2.24, 2.45) is 10.7 Å². The fourth-order valence-electron chi connectivity index (χ4n) is 2.42. The molecule has 138 valence electrons. The number of benzene rings is 2. The summed E-state index contributed by atoms with van der Waals surface area (Å²) >= 11 is 0. The van der Waals surface area contributed by atoms with Crippen molar-refractivity contribution in [1.82, 2.24) is 0 Å². The number of hydrogen-bond donors (Lipinski definition) is 2. The van der Waals surface area contributed by atoms with E-state index in [1.807, 2.05) is 6.07 Å². The third kappa shape index (κ3) is 4.98. The molecule has 6 nitrogen and oxygen atoms in total. The van der Waals surface area contributed by atoms with Gasteiger partial charge in [0.1, 0.15) is 5.75 Å². The van der Waals surface area contributed by atoms with E-state index in [0.29, 0.717) is 36.0 Å². The molecule has 26 heavy (non-hydrogen) atoms. The molecule has 0 saturated carbocycles. The van der Waals surface area contributed by atoms with Crippen LogP contribution < -0.4 is 25.3 Å². The summed E-state index contributed by atoms with van der Waals surface area (Å²) in [5.41, 5.74) is 7.31. The van der Waals surface area contributed by atoms with Crippen molar-refractivity contribution in [3.05, 3.63) is 48.0 Å². The summed E-state index contributed by atoms with van der Waals surface area (Å²) in [7, 11) is 0. The second-order valence-corrected chi connectivity index (χ2v) is 5.56. The first-order chi connectivity index (χ1) is 12.6. The smallest absolute Gasteiger partial charge is 0.387 e. The minimum atomic E-state index is -2.86. The number of aliphatic imine (C=N–C) groups is 1. The number of alkyl halides is 2. The van der Waals surface area contributed by atoms with Crippen molar-refractivity contribution < 1.29 is 23.0 Å². The molecular formula is C18H19F2N3O3. The van der Waals surface area contributed by atoms with Gasteiger partial charge in [0.25, 0.3) is 0 Å². The maximum atomic E-state index is 12.3. The minimum Gasteiger partial charge on any atom is -0.490 e. The highest BCUT2D eigenvalue weighted by atomic mass is 19.3. The molecule has 1 heterocycles. The lowest BCUT2D eigenvalue weighted by Crippen LogP contribution is -2.22. The van der Waals surface area contributed by atoms with Crippen LogP contribution in [0.25, 0.3) is 0 Å². The van der Waals surface area contributed by atoms with Crippen molar-refractivity contribution in [2.75, 3.05) is 18.5 Å². The Hall–Kier alpha value is -3.03. The van der Waals surface area contributed by atoms with Gasteiger partial charge in [0.2, 0.25) is 0 Å². The van der Waals surface area contributed by atoms with Gasteiger partial charge in [-0.15, -0.1) is 0 Å². The van der Waals surface area contributed by atoms with E-state index >= 15 is 0 Å². The normalized spacial score (nSPS) is 14.0. The number of nitrogens with two attached hydrogens (primary N) is 1. The van der Waals surface area contributed by atoms with Crippen LogP contribution in [0.3, 0.4) is 0 Å². The minimum absolute atomic E-state index is 0.0853. The van der Waals surface area contributed by atoms with E-state index in [-0.39, 0.29) is 18.3 Å². The first-order valence-corrected chi connectivity index (χ1v) is 8.10. The highest BCUT2D eigenvalue weighted by Crippen LogP contribution is 2.32. The Morgan fingerprint density at radius 2 is 1.96 bits per heavy atom. The maximum Gasteiger partial charge on any atom is 0.387 e. The van der Waals surface area contributed by atoms with Gasteiger partial charge in [-0.3, -0.25) is 0 Å². The van der Waals surface area contributed by atoms with E-state index in [2.05, 4.69) is 15.0 Å². The van der Waals surface area contributed by atoms with E-state index in [4.69, 9.17) is 15.2 Å². The SMILES string of the molecule is NC(=NCc1cccc(OC(F)F)c1)Nc1ccc2c(c1)OCCCO2. The summed E-state index contributed by atoms with van der Waals surface area (Å²) in [5, 5.41) is 2.97. The van der Waals surface area contributed by atoms with Gasteiger partial charge < -0.3 is 25.3 Å². The number of nitrogens with zero attached hydrogens (tertiary/aromatic N) is 1. The van der Waals surface area contributed by atoms with Gasteiger partial charge in [-0.25, -0.2) is 4.99 Å². The van der Waals surface area contributed by atoms with Gasteiger partial charge in [-0.1, -0.05) is 12.1 Å². The lowest BCUT2D eigenvalue weighted by atomic mass is 10.2. The van der Waals surface area contributed by atoms with E-state index in [0.717, 1.165) is 6.42 Å². The molecule has 3 N–H and O–H groups in total. The highest BCUT2D eigenvalue weighted by molar-refractivity contribution is 5.92. The van der Waals surface area contributed by atoms with Crippen molar-refractivity contribution >= 4 is 11.6 Å². The largest absolute Gasteiger partial charge is 0.490 e. The number of ether oxygens (including phenoxy) is 3. The fourth-order valence-corrected chi connectivity index (χ4v) is 2.42. The van der Waals surface area contributed by atoms with Crippen molar-refractivity contribution in [2.45, 2.75) is 19.6 Å². The Balaban J connectivity index is 1.63. The molecule has 0 fully saturated rings. The first kappa shape index (κ1) is 17.8. The topological polar surface area (TPSA) is 78.1 Å². The first-order valence-electron chi connectivity index (χ1n) is 8.10. The summed E-state index contributed by atoms with van der Waals surface area (Å²) in [6.45, 7) is -1.42. The van der Waals surface area contributed by atoms with E-state index in [1.54, 1.807) is 24.3 Å². The highest BCUT2D eigenvalue weighted by Gasteiger charge is 2.11. The van der Waals surface area contributed by atoms with E-state index in [1.165, 1.54) is 12.1 Å². The second-order valence-electron chi connectivity index (χ2n) is 5.56. The molecule has 0 radical (unpaired) electrons. The quantitative estimate of drug-likeness (QED) is 0.629. The molecule has 0 aliphatic carbocycles. The van der Waals surface area contributed by atoms with Crippen LogP contribution in [0, 0.1) is 0 Å². The van der Waals surface area contributed by atoms with Crippen LogP contribution in [0.1, 0.15) is 12.0 Å². The summed E-state index contributed by atoms with van der Waals surface area (Å²) < 4.78 is 40.1. The lowest BCUT2D eigenvalue weighted by Gasteiger charge is -2.11. The number of halogens is 2. The summed E-state index contributed by atoms with van der Waals surface area (Å²) in [4.78, 5) is 4.21. The second kappa shape index (κ2) is 8.37. The molecule has 0 atom stereocenters. The third-order valence-electron chi connectivity index (χ3n) is 3.58. The van der Waals surface area contributed by atoms with Crippen LogP contribution in [0.2, 0.25) is 0 Å². The molecule has 0 amide bonds. The lowest BCUT2D eigenvalue weighted by molar-refractivity contribution is -0.0498. The summed E-state index contributed by atoms with van der Waals surface area (Å²) in [6.07, 6.45) is 0.829. The van der Waals surface area contributed by atoms with Crippen LogP contribution in [0.5, 0.6) is 17.2 Å². The molecule has 2 aromatic carbocycles. The molecule has 0 aromatic heterocycles. The molecule has 1 aliphatic heterocycles. The zero-order valence-corrected chi connectivity index (χ0v) is 14.0. The number of hydrogen-bond acceptors (Lipinski definition) is 4. The molecule has 1 aliphatic rings. The predicted octanol–water partition coefficient (Wildman–Crippen LogP) is 3.38. The Bertz CT molecular complexity index is 784. The molecule has 0 bridgehead atoms. The molecule has 0 spiro atoms. The fraction of sp³-hybridized carbons (Fsp3) is 0.278. The summed E-state index contributed by atoms with van der Waals surface area (Å²) in [5.74, 6) is 1.62. The monoisotopic (exact) mass is 363 g/mol. The van der Waals surface area contributed by atoms with E-state index < -0.39 is 6.61 Å². The number of rotatable bonds is 5. The van der Waals surface area contributed by atoms with Crippen LogP contribution in [0.15, 0.2) is 47.5 Å². The average Bonchev–Trinajstić information content (AvgIpc) is 2.85. The number of fused-ring (bicyclic) bond motifs is 1. The number of guanidine groups is 1. The molecule has 8 heteroatoms. The van der Waals surface area contributed by atoms with E-state index in [9.17, 15) is 8.78 Å². The van der Waals surface area contributed by atoms with Crippen molar-refractivity contribution in [3.8, 4) is 17.2 Å². The Morgan fingerprint density at radius 1 is 1.15 bits per heavy atom. The Kier molecular flexibility index (Phi) is 5.73. The van der Waals surface area contributed by atoms with Gasteiger partial charge in [0, 0.05) is 18.2 Å². The van der Waals surface area contributed by atoms with Gasteiger partial charge in [-0.05, 0) is 29.8 Å². The standard InChI is InChI=1S/C18H19F2N3O3/c19-17(20)26-14-4-1-3-12(9-14)11-22-18(21)23-13-5-6-15-16(10-13)25-8-2-7-24-15/h1,3-6,9-10,17H,2,7-8,11H2,(H3,21,22,23). The Labute approximate surface area is 149 Å². The van der Waals surface area contributed by atoms with Crippen LogP contribution in [-0.2, 0) is 6.54 Å². The third-order valence-corrected chi connectivity index (χ3v) is 3.58. The molecule has 0 saturated heterocycles.